The van der Waals surface area contributed by atoms with E-state index < -0.39 is 0 Å². The number of hydrogen-bond donors (Lipinski definition) is 0. The molecule has 0 rings (SSSR count). The van der Waals surface area contributed by atoms with Crippen molar-refractivity contribution >= 4 is 15.9 Å². The molecule has 0 amide bonds. The van der Waals surface area contributed by atoms with Crippen molar-refractivity contribution in [3.63, 3.8) is 0 Å². The van der Waals surface area contributed by atoms with E-state index in [1.54, 1.807) is 0 Å². The number of halogens is 1. The van der Waals surface area contributed by atoms with Crippen LogP contribution < -0.4 is 0 Å². The van der Waals surface area contributed by atoms with Crippen LogP contribution in [-0.2, 0) is 0 Å². The van der Waals surface area contributed by atoms with Crippen molar-refractivity contribution in [1.82, 2.24) is 0 Å². The molecule has 0 spiro atoms. The fourth-order valence-corrected chi connectivity index (χ4v) is 0.950. The normalized spacial score (nSPS) is 12.5. The predicted octanol–water partition coefficient (Wildman–Crippen LogP) is 4.20. The Morgan fingerprint density at radius 1 is 1.55 bits per heavy atom. The minimum atomic E-state index is 1.10. The van der Waals surface area contributed by atoms with Gasteiger partial charge in [0, 0.05) is 0 Å². The van der Waals surface area contributed by atoms with Gasteiger partial charge in [-0.2, -0.15) is 0 Å². The molecular weight excluding hydrogens is 200 g/mol. The van der Waals surface area contributed by atoms with Gasteiger partial charge < -0.3 is 0 Å². The Kier molecular flexibility index (Phi) is 6.24. The third-order valence-electron chi connectivity index (χ3n) is 1.53. The first-order chi connectivity index (χ1) is 5.22. The van der Waals surface area contributed by atoms with Crippen LogP contribution in [0.15, 0.2) is 34.9 Å². The van der Waals surface area contributed by atoms with Gasteiger partial charge in [-0.05, 0) is 23.9 Å². The topological polar surface area (TPSA) is 0 Å². The van der Waals surface area contributed by atoms with Gasteiger partial charge in [0.05, 0.1) is 0 Å². The molecule has 0 aromatic carbocycles. The molecule has 0 radical (unpaired) electrons. The maximum Gasteiger partial charge on any atom is -0.0189 e. The maximum absolute atomic E-state index is 3.98. The summed E-state index contributed by atoms with van der Waals surface area (Å²) in [7, 11) is 0. The smallest absolute Gasteiger partial charge is 0.0189 e. The molecule has 0 atom stereocenters. The molecule has 0 nitrogen and oxygen atoms in total. The van der Waals surface area contributed by atoms with Crippen LogP contribution in [-0.4, -0.2) is 0 Å². The number of hydrogen-bond acceptors (Lipinski definition) is 0. The Balaban J connectivity index is 4.00. The SMILES string of the molecule is C=C(CCC)/C(C)=C\C=C\Br. The van der Waals surface area contributed by atoms with E-state index in [9.17, 15) is 0 Å². The summed E-state index contributed by atoms with van der Waals surface area (Å²) >= 11 is 3.21. The molecule has 11 heavy (non-hydrogen) atoms. The standard InChI is InChI=1S/C10H15Br/c1-4-6-9(2)10(3)7-5-8-11/h5,7-8H,2,4,6H2,1,3H3/b8-5+,10-7-. The lowest BCUT2D eigenvalue weighted by molar-refractivity contribution is 0.915. The molecule has 0 fully saturated rings. The first-order valence-corrected chi connectivity index (χ1v) is 4.75. The molecule has 0 aromatic rings. The van der Waals surface area contributed by atoms with Crippen molar-refractivity contribution in [2.24, 2.45) is 0 Å². The second-order valence-electron chi connectivity index (χ2n) is 2.52. The third-order valence-corrected chi connectivity index (χ3v) is 1.83. The average molecular weight is 215 g/mol. The highest BCUT2D eigenvalue weighted by Gasteiger charge is 1.92. The monoisotopic (exact) mass is 214 g/mol. The highest BCUT2D eigenvalue weighted by molar-refractivity contribution is 9.11. The first kappa shape index (κ1) is 10.7. The van der Waals surface area contributed by atoms with Gasteiger partial charge in [-0.25, -0.2) is 0 Å². The maximum atomic E-state index is 3.98. The number of rotatable bonds is 4. The van der Waals surface area contributed by atoms with E-state index in [-0.39, 0.29) is 0 Å². The van der Waals surface area contributed by atoms with Gasteiger partial charge in [-0.15, -0.1) is 0 Å². The van der Waals surface area contributed by atoms with Crippen LogP contribution in [0.2, 0.25) is 0 Å². The lowest BCUT2D eigenvalue weighted by Crippen LogP contribution is -1.81. The minimum absolute atomic E-state index is 1.10. The average Bonchev–Trinajstić information content (AvgIpc) is 2.00. The summed E-state index contributed by atoms with van der Waals surface area (Å²) in [6.45, 7) is 8.23. The lowest BCUT2D eigenvalue weighted by atomic mass is 10.1. The zero-order chi connectivity index (χ0) is 8.69. The zero-order valence-electron chi connectivity index (χ0n) is 7.23. The Morgan fingerprint density at radius 2 is 2.18 bits per heavy atom. The molecule has 1 heteroatoms. The molecule has 0 N–H and O–H groups in total. The fraction of sp³-hybridized carbons (Fsp3) is 0.400. The van der Waals surface area contributed by atoms with Gasteiger partial charge in [0.1, 0.15) is 0 Å². The Bertz CT molecular complexity index is 175. The quantitative estimate of drug-likeness (QED) is 0.616. The summed E-state index contributed by atoms with van der Waals surface area (Å²) < 4.78 is 0. The van der Waals surface area contributed by atoms with Crippen LogP contribution in [0.4, 0.5) is 0 Å². The summed E-state index contributed by atoms with van der Waals surface area (Å²) in [5.41, 5.74) is 2.50. The van der Waals surface area contributed by atoms with Gasteiger partial charge in [0.2, 0.25) is 0 Å². The van der Waals surface area contributed by atoms with Crippen molar-refractivity contribution in [2.45, 2.75) is 26.7 Å². The molecule has 0 heterocycles. The Morgan fingerprint density at radius 3 is 2.64 bits per heavy atom. The minimum Gasteiger partial charge on any atom is -0.0956 e. The van der Waals surface area contributed by atoms with Gasteiger partial charge in [0.25, 0.3) is 0 Å². The van der Waals surface area contributed by atoms with E-state index in [0.29, 0.717) is 0 Å². The molecule has 0 aromatic heterocycles. The predicted molar refractivity (Wildman–Crippen MR) is 55.9 cm³/mol. The van der Waals surface area contributed by atoms with E-state index in [0.717, 1.165) is 6.42 Å². The Labute approximate surface area is 77.8 Å². The van der Waals surface area contributed by atoms with Crippen LogP contribution in [0.1, 0.15) is 26.7 Å². The van der Waals surface area contributed by atoms with Crippen LogP contribution in [0.25, 0.3) is 0 Å². The number of allylic oxidation sites excluding steroid dienone is 4. The molecule has 62 valence electrons. The molecule has 0 unspecified atom stereocenters. The zero-order valence-corrected chi connectivity index (χ0v) is 8.82. The van der Waals surface area contributed by atoms with E-state index in [2.05, 4.69) is 42.4 Å². The van der Waals surface area contributed by atoms with Crippen LogP contribution >= 0.6 is 15.9 Å². The van der Waals surface area contributed by atoms with Gasteiger partial charge in [-0.3, -0.25) is 0 Å². The summed E-state index contributed by atoms with van der Waals surface area (Å²) in [4.78, 5) is 1.84. The lowest BCUT2D eigenvalue weighted by Gasteiger charge is -2.01. The van der Waals surface area contributed by atoms with E-state index in [1.165, 1.54) is 17.6 Å². The first-order valence-electron chi connectivity index (χ1n) is 3.84. The van der Waals surface area contributed by atoms with Gasteiger partial charge in [0.15, 0.2) is 0 Å². The van der Waals surface area contributed by atoms with Crippen LogP contribution in [0.5, 0.6) is 0 Å². The van der Waals surface area contributed by atoms with E-state index >= 15 is 0 Å². The molecule has 0 aliphatic carbocycles. The molecular formula is C10H15Br. The summed E-state index contributed by atoms with van der Waals surface area (Å²) in [5, 5.41) is 0. The highest BCUT2D eigenvalue weighted by Crippen LogP contribution is 2.12. The van der Waals surface area contributed by atoms with E-state index in [1.807, 2.05) is 11.1 Å². The van der Waals surface area contributed by atoms with Crippen molar-refractivity contribution in [1.29, 1.82) is 0 Å². The second-order valence-corrected chi connectivity index (χ2v) is 3.05. The van der Waals surface area contributed by atoms with Gasteiger partial charge >= 0.3 is 0 Å². The third kappa shape index (κ3) is 5.02. The molecule has 0 aliphatic rings. The summed E-state index contributed by atoms with van der Waals surface area (Å²) in [6.07, 6.45) is 6.30. The van der Waals surface area contributed by atoms with Crippen LogP contribution in [0, 0.1) is 0 Å². The molecule has 0 aliphatic heterocycles. The fourth-order valence-electron chi connectivity index (χ4n) is 0.798. The van der Waals surface area contributed by atoms with Crippen molar-refractivity contribution in [3.05, 3.63) is 34.9 Å². The van der Waals surface area contributed by atoms with E-state index in [4.69, 9.17) is 0 Å². The highest BCUT2D eigenvalue weighted by atomic mass is 79.9. The van der Waals surface area contributed by atoms with Crippen molar-refractivity contribution in [3.8, 4) is 0 Å². The van der Waals surface area contributed by atoms with Crippen molar-refractivity contribution in [2.75, 3.05) is 0 Å². The molecule has 0 saturated carbocycles. The molecule has 0 bridgehead atoms. The molecule has 0 saturated heterocycles. The summed E-state index contributed by atoms with van der Waals surface area (Å²) in [6, 6.07) is 0. The van der Waals surface area contributed by atoms with Crippen LogP contribution in [0.3, 0.4) is 0 Å². The van der Waals surface area contributed by atoms with Gasteiger partial charge in [-0.1, -0.05) is 53.6 Å². The summed E-state index contributed by atoms with van der Waals surface area (Å²) in [5.74, 6) is 0. The van der Waals surface area contributed by atoms with Crippen molar-refractivity contribution < 1.29 is 0 Å². The largest absolute Gasteiger partial charge is 0.0956 e. The Hall–Kier alpha value is -0.300. The second kappa shape index (κ2) is 6.41.